The molecule has 0 aromatic rings. The zero-order valence-corrected chi connectivity index (χ0v) is 8.21. The number of hydrogen-bond donors (Lipinski definition) is 1. The largest absolute Gasteiger partial charge is 0.330 e. The van der Waals surface area contributed by atoms with Crippen molar-refractivity contribution < 1.29 is 0 Å². The fourth-order valence-electron chi connectivity index (χ4n) is 1.97. The number of hydrogen-bond acceptors (Lipinski definition) is 3. The molecular formula is C10H19N3. The van der Waals surface area contributed by atoms with E-state index < -0.39 is 0 Å². The normalized spacial score (nSPS) is 21.8. The topological polar surface area (TPSA) is 53.0 Å². The maximum atomic E-state index is 8.80. The van der Waals surface area contributed by atoms with Crippen LogP contribution in [0.1, 0.15) is 38.5 Å². The van der Waals surface area contributed by atoms with E-state index in [1.807, 2.05) is 4.90 Å². The van der Waals surface area contributed by atoms with Crippen LogP contribution in [0.15, 0.2) is 0 Å². The zero-order chi connectivity index (χ0) is 9.52. The molecule has 1 unspecified atom stereocenters. The molecule has 1 atom stereocenters. The average molecular weight is 181 g/mol. The van der Waals surface area contributed by atoms with Crippen molar-refractivity contribution in [2.24, 2.45) is 5.73 Å². The first kappa shape index (κ1) is 10.3. The fraction of sp³-hybridized carbons (Fsp3) is 0.900. The van der Waals surface area contributed by atoms with Crippen LogP contribution in [0.3, 0.4) is 0 Å². The molecule has 0 saturated carbocycles. The van der Waals surface area contributed by atoms with Crippen molar-refractivity contribution in [1.29, 1.82) is 5.26 Å². The molecule has 0 bridgehead atoms. The van der Waals surface area contributed by atoms with Crippen molar-refractivity contribution in [3.63, 3.8) is 0 Å². The average Bonchev–Trinajstić information content (AvgIpc) is 2.60. The second kappa shape index (κ2) is 5.82. The number of nitrogens with zero attached hydrogens (tertiary/aromatic N) is 2. The van der Waals surface area contributed by atoms with Gasteiger partial charge in [0.15, 0.2) is 6.19 Å². The van der Waals surface area contributed by atoms with Crippen LogP contribution in [0.2, 0.25) is 0 Å². The number of likely N-dealkylation sites (tertiary alicyclic amines) is 1. The highest BCUT2D eigenvalue weighted by atomic mass is 15.2. The van der Waals surface area contributed by atoms with Crippen LogP contribution in [0, 0.1) is 11.5 Å². The van der Waals surface area contributed by atoms with Gasteiger partial charge >= 0.3 is 0 Å². The van der Waals surface area contributed by atoms with Crippen LogP contribution in [-0.2, 0) is 0 Å². The molecule has 1 aliphatic rings. The number of rotatable bonds is 5. The third-order valence-electron chi connectivity index (χ3n) is 2.75. The van der Waals surface area contributed by atoms with E-state index in [0.29, 0.717) is 6.04 Å². The number of unbranched alkanes of at least 4 members (excludes halogenated alkanes) is 2. The van der Waals surface area contributed by atoms with Crippen LogP contribution >= 0.6 is 0 Å². The summed E-state index contributed by atoms with van der Waals surface area (Å²) in [5.74, 6) is 0. The molecule has 13 heavy (non-hydrogen) atoms. The van der Waals surface area contributed by atoms with Gasteiger partial charge in [0.05, 0.1) is 0 Å². The van der Waals surface area contributed by atoms with E-state index in [2.05, 4.69) is 6.19 Å². The highest BCUT2D eigenvalue weighted by Crippen LogP contribution is 2.20. The molecule has 0 aliphatic carbocycles. The van der Waals surface area contributed by atoms with E-state index in [1.54, 1.807) is 0 Å². The summed E-state index contributed by atoms with van der Waals surface area (Å²) in [7, 11) is 0. The van der Waals surface area contributed by atoms with E-state index in [-0.39, 0.29) is 0 Å². The lowest BCUT2D eigenvalue weighted by atomic mass is 10.1. The molecule has 0 spiro atoms. The predicted octanol–water partition coefficient (Wildman–Crippen LogP) is 1.45. The van der Waals surface area contributed by atoms with Gasteiger partial charge in [-0.1, -0.05) is 12.8 Å². The molecule has 1 rings (SSSR count). The van der Waals surface area contributed by atoms with E-state index in [0.717, 1.165) is 19.5 Å². The van der Waals surface area contributed by atoms with E-state index in [4.69, 9.17) is 11.0 Å². The van der Waals surface area contributed by atoms with Crippen molar-refractivity contribution in [3.05, 3.63) is 0 Å². The molecule has 74 valence electrons. The van der Waals surface area contributed by atoms with Gasteiger partial charge < -0.3 is 10.6 Å². The first-order valence-corrected chi connectivity index (χ1v) is 5.25. The molecule has 3 heteroatoms. The van der Waals surface area contributed by atoms with E-state index in [9.17, 15) is 0 Å². The Labute approximate surface area is 80.5 Å². The molecule has 1 saturated heterocycles. The summed E-state index contributed by atoms with van der Waals surface area (Å²) in [6, 6.07) is 0.530. The predicted molar refractivity (Wildman–Crippen MR) is 52.9 cm³/mol. The van der Waals surface area contributed by atoms with Gasteiger partial charge in [-0.25, -0.2) is 0 Å². The molecule has 1 aliphatic heterocycles. The maximum absolute atomic E-state index is 8.80. The SMILES string of the molecule is N#CN1CCCC1CCCCCN. The van der Waals surface area contributed by atoms with Gasteiger partial charge in [0.2, 0.25) is 0 Å². The summed E-state index contributed by atoms with van der Waals surface area (Å²) in [6.07, 6.45) is 9.39. The molecule has 0 amide bonds. The van der Waals surface area contributed by atoms with Crippen molar-refractivity contribution >= 4 is 0 Å². The Morgan fingerprint density at radius 3 is 2.92 bits per heavy atom. The lowest BCUT2D eigenvalue weighted by molar-refractivity contribution is 0.337. The first-order chi connectivity index (χ1) is 6.38. The van der Waals surface area contributed by atoms with Crippen LogP contribution in [0.25, 0.3) is 0 Å². The third kappa shape index (κ3) is 3.23. The maximum Gasteiger partial charge on any atom is 0.179 e. The Bertz CT molecular complexity index is 173. The lowest BCUT2D eigenvalue weighted by Crippen LogP contribution is -2.24. The van der Waals surface area contributed by atoms with Gasteiger partial charge in [-0.05, 0) is 32.2 Å². The van der Waals surface area contributed by atoms with Crippen LogP contribution in [0.4, 0.5) is 0 Å². The van der Waals surface area contributed by atoms with Crippen molar-refractivity contribution in [1.82, 2.24) is 4.90 Å². The highest BCUT2D eigenvalue weighted by Gasteiger charge is 2.22. The summed E-state index contributed by atoms with van der Waals surface area (Å²) < 4.78 is 0. The molecule has 2 N–H and O–H groups in total. The van der Waals surface area contributed by atoms with Crippen LogP contribution < -0.4 is 5.73 Å². The Hall–Kier alpha value is -0.750. The number of nitriles is 1. The summed E-state index contributed by atoms with van der Waals surface area (Å²) in [5.41, 5.74) is 5.41. The highest BCUT2D eigenvalue weighted by molar-refractivity contribution is 4.87. The minimum Gasteiger partial charge on any atom is -0.330 e. The minimum atomic E-state index is 0.530. The smallest absolute Gasteiger partial charge is 0.179 e. The molecular weight excluding hydrogens is 162 g/mol. The van der Waals surface area contributed by atoms with Gasteiger partial charge in [-0.15, -0.1) is 0 Å². The summed E-state index contributed by atoms with van der Waals surface area (Å²) in [4.78, 5) is 1.93. The Morgan fingerprint density at radius 2 is 2.23 bits per heavy atom. The first-order valence-electron chi connectivity index (χ1n) is 5.25. The van der Waals surface area contributed by atoms with Crippen molar-refractivity contribution in [2.75, 3.05) is 13.1 Å². The molecule has 0 radical (unpaired) electrons. The van der Waals surface area contributed by atoms with E-state index in [1.165, 1.54) is 32.1 Å². The molecule has 0 aromatic heterocycles. The van der Waals surface area contributed by atoms with Crippen LogP contribution in [0.5, 0.6) is 0 Å². The Balaban J connectivity index is 2.10. The zero-order valence-electron chi connectivity index (χ0n) is 8.21. The van der Waals surface area contributed by atoms with Crippen molar-refractivity contribution in [3.8, 4) is 6.19 Å². The minimum absolute atomic E-state index is 0.530. The van der Waals surface area contributed by atoms with Crippen molar-refractivity contribution in [2.45, 2.75) is 44.6 Å². The monoisotopic (exact) mass is 181 g/mol. The molecule has 3 nitrogen and oxygen atoms in total. The van der Waals surface area contributed by atoms with Gasteiger partial charge in [0.25, 0.3) is 0 Å². The third-order valence-corrected chi connectivity index (χ3v) is 2.75. The quantitative estimate of drug-likeness (QED) is 0.516. The standard InChI is InChI=1S/C10H19N3/c11-7-3-1-2-5-10-6-4-8-13(10)9-12/h10H,1-8,11H2. The second-order valence-electron chi connectivity index (χ2n) is 3.73. The number of nitrogens with two attached hydrogens (primary N) is 1. The lowest BCUT2D eigenvalue weighted by Gasteiger charge is -2.17. The summed E-state index contributed by atoms with van der Waals surface area (Å²) in [5, 5.41) is 8.80. The Morgan fingerprint density at radius 1 is 1.38 bits per heavy atom. The molecule has 0 aromatic carbocycles. The molecule has 1 fully saturated rings. The van der Waals surface area contributed by atoms with Gasteiger partial charge in [0.1, 0.15) is 0 Å². The fourth-order valence-corrected chi connectivity index (χ4v) is 1.97. The van der Waals surface area contributed by atoms with Gasteiger partial charge in [0, 0.05) is 12.6 Å². The van der Waals surface area contributed by atoms with Crippen LogP contribution in [-0.4, -0.2) is 24.0 Å². The van der Waals surface area contributed by atoms with Gasteiger partial charge in [-0.3, -0.25) is 0 Å². The van der Waals surface area contributed by atoms with Gasteiger partial charge in [-0.2, -0.15) is 5.26 Å². The summed E-state index contributed by atoms with van der Waals surface area (Å²) >= 11 is 0. The summed E-state index contributed by atoms with van der Waals surface area (Å²) in [6.45, 7) is 1.77. The Kier molecular flexibility index (Phi) is 4.63. The molecule has 1 heterocycles. The second-order valence-corrected chi connectivity index (χ2v) is 3.73. The van der Waals surface area contributed by atoms with E-state index >= 15 is 0 Å².